The Bertz CT molecular complexity index is 1310. The lowest BCUT2D eigenvalue weighted by atomic mass is 9.73. The number of benzene rings is 1. The number of hydrogen-bond acceptors (Lipinski definition) is 7. The molecule has 2 aromatic heterocycles. The van der Waals surface area contributed by atoms with Crippen molar-refractivity contribution in [3.8, 4) is 0 Å². The summed E-state index contributed by atoms with van der Waals surface area (Å²) < 4.78 is 7.92. The van der Waals surface area contributed by atoms with Crippen LogP contribution in [0.1, 0.15) is 79.4 Å². The number of carbonyl (C=O) groups is 2. The third kappa shape index (κ3) is 5.04. The zero-order valence-electron chi connectivity index (χ0n) is 22.0. The van der Waals surface area contributed by atoms with Crippen LogP contribution in [-0.2, 0) is 40.2 Å². The number of aryl methyl sites for hydroxylation is 4. The fourth-order valence-electron chi connectivity index (χ4n) is 6.23. The van der Waals surface area contributed by atoms with Gasteiger partial charge in [0.2, 0.25) is 0 Å². The molecule has 0 bridgehead atoms. The number of aliphatic hydroxyl groups excluding tert-OH is 1. The average Bonchev–Trinajstić information content (AvgIpc) is 3.55. The van der Waals surface area contributed by atoms with Gasteiger partial charge in [0.15, 0.2) is 11.6 Å². The molecule has 1 aromatic carbocycles. The van der Waals surface area contributed by atoms with Crippen LogP contribution in [0.15, 0.2) is 24.3 Å². The zero-order chi connectivity index (χ0) is 26.2. The summed E-state index contributed by atoms with van der Waals surface area (Å²) in [6.07, 6.45) is 6.72. The van der Waals surface area contributed by atoms with E-state index < -0.39 is 17.5 Å². The second-order valence-electron chi connectivity index (χ2n) is 10.8. The van der Waals surface area contributed by atoms with Crippen molar-refractivity contribution in [2.75, 3.05) is 0 Å². The lowest BCUT2D eigenvalue weighted by Crippen LogP contribution is -2.52. The molecule has 0 amide bonds. The first-order valence-electron chi connectivity index (χ1n) is 13.5. The van der Waals surface area contributed by atoms with Crippen molar-refractivity contribution in [2.24, 2.45) is 11.8 Å². The van der Waals surface area contributed by atoms with Crippen LogP contribution in [0.3, 0.4) is 0 Å². The number of nitrogens with zero attached hydrogens (tertiary/aromatic N) is 4. The van der Waals surface area contributed by atoms with E-state index in [1.807, 2.05) is 32.0 Å². The molecule has 2 atom stereocenters. The Morgan fingerprint density at radius 2 is 1.89 bits per heavy atom. The van der Waals surface area contributed by atoms with Crippen LogP contribution >= 0.6 is 0 Å². The molecule has 2 unspecified atom stereocenters. The number of cyclic esters (lactones) is 1. The van der Waals surface area contributed by atoms with Gasteiger partial charge in [-0.25, -0.2) is 9.50 Å². The Labute approximate surface area is 217 Å². The van der Waals surface area contributed by atoms with E-state index in [9.17, 15) is 14.7 Å². The van der Waals surface area contributed by atoms with Crippen LogP contribution < -0.4 is 0 Å². The molecular formula is C29H36N4O4. The maximum atomic E-state index is 13.5. The molecule has 0 radical (unpaired) electrons. The van der Waals surface area contributed by atoms with Crippen molar-refractivity contribution in [1.82, 2.24) is 19.6 Å². The number of hydrogen-bond donors (Lipinski definition) is 1. The van der Waals surface area contributed by atoms with E-state index >= 15 is 0 Å². The van der Waals surface area contributed by atoms with Gasteiger partial charge in [-0.3, -0.25) is 9.59 Å². The van der Waals surface area contributed by atoms with Gasteiger partial charge in [0.1, 0.15) is 11.5 Å². The van der Waals surface area contributed by atoms with Gasteiger partial charge in [-0.2, -0.15) is 4.98 Å². The highest BCUT2D eigenvalue weighted by Crippen LogP contribution is 2.45. The molecule has 2 fully saturated rings. The standard InChI is InChI=1S/C29H36N4O4/c1-4-21-14-20(9-10-22(21)17-34)11-12-29(23-7-5-6-8-23)16-25(35)24(27(36)37-29)15-26-31-28-30-18(2)13-19(3)33(28)32-26/h9-10,13-14,23-24,34H,4-8,11-12,15-17H2,1-3H3. The van der Waals surface area contributed by atoms with Gasteiger partial charge in [0.05, 0.1) is 6.61 Å². The van der Waals surface area contributed by atoms with E-state index in [0.29, 0.717) is 18.0 Å². The van der Waals surface area contributed by atoms with Crippen molar-refractivity contribution >= 4 is 17.5 Å². The smallest absolute Gasteiger partial charge is 0.317 e. The number of ether oxygens (including phenoxy) is 1. The topological polar surface area (TPSA) is 107 Å². The largest absolute Gasteiger partial charge is 0.458 e. The molecule has 2 aliphatic rings. The van der Waals surface area contributed by atoms with Crippen molar-refractivity contribution < 1.29 is 19.4 Å². The summed E-state index contributed by atoms with van der Waals surface area (Å²) in [5.41, 5.74) is 4.20. The SMILES string of the molecule is CCc1cc(CCC2(C3CCCC3)CC(=O)C(Cc3nc4nc(C)cc(C)n4n3)C(=O)O2)ccc1CO. The fourth-order valence-corrected chi connectivity index (χ4v) is 6.23. The molecule has 1 saturated heterocycles. The number of rotatable bonds is 8. The van der Waals surface area contributed by atoms with Crippen molar-refractivity contribution in [2.45, 2.75) is 90.8 Å². The minimum absolute atomic E-state index is 0.0272. The van der Waals surface area contributed by atoms with Crippen LogP contribution in [0.25, 0.3) is 5.78 Å². The Balaban J connectivity index is 1.35. The predicted octanol–water partition coefficient (Wildman–Crippen LogP) is 4.03. The molecule has 37 heavy (non-hydrogen) atoms. The van der Waals surface area contributed by atoms with E-state index in [-0.39, 0.29) is 31.1 Å². The van der Waals surface area contributed by atoms with Gasteiger partial charge in [-0.15, -0.1) is 5.10 Å². The molecule has 3 heterocycles. The Hall–Kier alpha value is -3.13. The summed E-state index contributed by atoms with van der Waals surface area (Å²) in [7, 11) is 0. The van der Waals surface area contributed by atoms with Crippen molar-refractivity contribution in [3.05, 3.63) is 58.2 Å². The third-order valence-corrected chi connectivity index (χ3v) is 8.26. The normalized spacial score (nSPS) is 22.6. The summed E-state index contributed by atoms with van der Waals surface area (Å²) in [4.78, 5) is 35.8. The number of Topliss-reactive ketones (excluding diaryl/α,β-unsaturated/α-hetero) is 1. The average molecular weight is 505 g/mol. The zero-order valence-corrected chi connectivity index (χ0v) is 22.0. The number of fused-ring (bicyclic) bond motifs is 1. The molecule has 8 heteroatoms. The highest BCUT2D eigenvalue weighted by Gasteiger charge is 2.51. The minimum Gasteiger partial charge on any atom is -0.458 e. The molecule has 1 saturated carbocycles. The van der Waals surface area contributed by atoms with E-state index in [0.717, 1.165) is 66.6 Å². The highest BCUT2D eigenvalue weighted by molar-refractivity contribution is 6.01. The number of esters is 1. The first-order valence-corrected chi connectivity index (χ1v) is 13.5. The van der Waals surface area contributed by atoms with Gasteiger partial charge in [-0.1, -0.05) is 38.0 Å². The van der Waals surface area contributed by atoms with E-state index in [1.54, 1.807) is 4.52 Å². The number of carbonyl (C=O) groups excluding carboxylic acids is 2. The van der Waals surface area contributed by atoms with Crippen LogP contribution in [0.5, 0.6) is 0 Å². The van der Waals surface area contributed by atoms with Crippen LogP contribution in [-0.4, -0.2) is 42.0 Å². The molecule has 5 rings (SSSR count). The minimum atomic E-state index is -0.885. The molecule has 8 nitrogen and oxygen atoms in total. The predicted molar refractivity (Wildman–Crippen MR) is 138 cm³/mol. The van der Waals surface area contributed by atoms with E-state index in [1.165, 1.54) is 0 Å². The molecular weight excluding hydrogens is 468 g/mol. The van der Waals surface area contributed by atoms with Crippen LogP contribution in [0.2, 0.25) is 0 Å². The summed E-state index contributed by atoms with van der Waals surface area (Å²) in [6, 6.07) is 8.07. The van der Waals surface area contributed by atoms with Gasteiger partial charge < -0.3 is 9.84 Å². The number of ketones is 1. The Morgan fingerprint density at radius 3 is 2.59 bits per heavy atom. The molecule has 1 aliphatic carbocycles. The first kappa shape index (κ1) is 25.5. The monoisotopic (exact) mass is 504 g/mol. The number of aliphatic hydroxyl groups is 1. The van der Waals surface area contributed by atoms with E-state index in [4.69, 9.17) is 4.74 Å². The number of aromatic nitrogens is 4. The fraction of sp³-hybridized carbons (Fsp3) is 0.552. The van der Waals surface area contributed by atoms with Crippen LogP contribution in [0, 0.1) is 25.7 Å². The van der Waals surface area contributed by atoms with Gasteiger partial charge in [-0.05, 0) is 74.6 Å². The van der Waals surface area contributed by atoms with Crippen molar-refractivity contribution in [1.29, 1.82) is 0 Å². The maximum absolute atomic E-state index is 13.5. The Morgan fingerprint density at radius 1 is 1.11 bits per heavy atom. The lowest BCUT2D eigenvalue weighted by Gasteiger charge is -2.43. The van der Waals surface area contributed by atoms with Gasteiger partial charge >= 0.3 is 5.97 Å². The molecule has 1 aliphatic heterocycles. The molecule has 196 valence electrons. The summed E-state index contributed by atoms with van der Waals surface area (Å²) in [6.45, 7) is 5.93. The highest BCUT2D eigenvalue weighted by atomic mass is 16.6. The van der Waals surface area contributed by atoms with Gasteiger partial charge in [0.25, 0.3) is 5.78 Å². The van der Waals surface area contributed by atoms with E-state index in [2.05, 4.69) is 28.1 Å². The van der Waals surface area contributed by atoms with Crippen molar-refractivity contribution in [3.63, 3.8) is 0 Å². The molecule has 1 N–H and O–H groups in total. The quantitative estimate of drug-likeness (QED) is 0.365. The summed E-state index contributed by atoms with van der Waals surface area (Å²) >= 11 is 0. The van der Waals surface area contributed by atoms with Gasteiger partial charge in [0, 0.05) is 24.2 Å². The second kappa shape index (κ2) is 10.3. The van der Waals surface area contributed by atoms with Crippen LogP contribution in [0.4, 0.5) is 0 Å². The summed E-state index contributed by atoms with van der Waals surface area (Å²) in [5, 5.41) is 14.1. The second-order valence-corrected chi connectivity index (χ2v) is 10.8. The molecule has 3 aromatic rings. The summed E-state index contributed by atoms with van der Waals surface area (Å²) in [5.74, 6) is -0.305. The lowest BCUT2D eigenvalue weighted by molar-refractivity contribution is -0.185. The first-order chi connectivity index (χ1) is 17.8. The Kier molecular flexibility index (Phi) is 7.12. The third-order valence-electron chi connectivity index (χ3n) is 8.26. The molecule has 0 spiro atoms. The maximum Gasteiger partial charge on any atom is 0.317 e.